The maximum Gasteiger partial charge on any atom is 0.411 e. The average Bonchev–Trinajstić information content (AvgIpc) is 3.83. The Bertz CT molecular complexity index is 2410. The Morgan fingerprint density at radius 2 is 1.62 bits per heavy atom. The van der Waals surface area contributed by atoms with Crippen LogP contribution in [0.3, 0.4) is 0 Å². The molecular weight excluding hydrogens is 823 g/mol. The van der Waals surface area contributed by atoms with Crippen molar-refractivity contribution in [3.05, 3.63) is 125 Å². The van der Waals surface area contributed by atoms with Crippen molar-refractivity contribution in [2.24, 2.45) is 11.8 Å². The van der Waals surface area contributed by atoms with E-state index in [9.17, 15) is 19.5 Å². The van der Waals surface area contributed by atoms with Gasteiger partial charge in [-0.2, -0.15) is 0 Å². The van der Waals surface area contributed by atoms with Crippen molar-refractivity contribution in [3.63, 3.8) is 0 Å². The second-order valence-electron chi connectivity index (χ2n) is 19.0. The normalized spacial score (nSPS) is 18.1. The summed E-state index contributed by atoms with van der Waals surface area (Å²) in [4.78, 5) is 45.0. The number of H-pyrrole nitrogens is 1. The molecule has 1 aliphatic heterocycles. The van der Waals surface area contributed by atoms with Gasteiger partial charge >= 0.3 is 6.09 Å². The minimum atomic E-state index is -2.21. The summed E-state index contributed by atoms with van der Waals surface area (Å²) in [5.74, 6) is 1.84. The first-order valence-electron chi connectivity index (χ1n) is 22.7. The number of carbonyl (C=O) groups is 2. The number of likely N-dealkylation sites (tertiary alicyclic amines) is 1. The van der Waals surface area contributed by atoms with Gasteiger partial charge < -0.3 is 39.1 Å². The number of aromatic nitrogens is 1. The van der Waals surface area contributed by atoms with E-state index in [1.54, 1.807) is 24.1 Å². The van der Waals surface area contributed by atoms with Crippen LogP contribution in [0.2, 0.25) is 18.1 Å². The minimum Gasteiger partial charge on any atom is -0.506 e. The Morgan fingerprint density at radius 1 is 0.922 bits per heavy atom. The van der Waals surface area contributed by atoms with E-state index in [1.807, 2.05) is 72.8 Å². The number of fused-ring (bicyclic) bond motifs is 2. The van der Waals surface area contributed by atoms with Crippen molar-refractivity contribution in [1.82, 2.24) is 20.1 Å². The van der Waals surface area contributed by atoms with E-state index < -0.39 is 14.4 Å². The largest absolute Gasteiger partial charge is 0.506 e. The molecule has 7 rings (SSSR count). The van der Waals surface area contributed by atoms with Gasteiger partial charge in [-0.15, -0.1) is 0 Å². The maximum absolute atomic E-state index is 13.0. The Morgan fingerprint density at radius 3 is 2.34 bits per heavy atom. The lowest BCUT2D eigenvalue weighted by Crippen LogP contribution is -2.44. The van der Waals surface area contributed by atoms with E-state index in [4.69, 9.17) is 13.9 Å². The average molecular weight is 888 g/mol. The number of likely N-dealkylation sites (N-methyl/N-ethyl adjacent to an activating group) is 1. The number of hydrogen-bond acceptors (Lipinski definition) is 9. The number of hydrogen-bond donors (Lipinski definition) is 4. The molecule has 0 radical (unpaired) electrons. The first-order valence-corrected chi connectivity index (χ1v) is 25.6. The number of carbonyl (C=O) groups excluding carboxylic acids is 2. The van der Waals surface area contributed by atoms with Gasteiger partial charge in [0.1, 0.15) is 17.6 Å². The molecule has 4 N–H and O–H groups in total. The van der Waals surface area contributed by atoms with Gasteiger partial charge in [-0.3, -0.25) is 14.9 Å². The molecule has 4 aromatic carbocycles. The molecule has 340 valence electrons. The molecule has 0 spiro atoms. The van der Waals surface area contributed by atoms with Crippen molar-refractivity contribution >= 4 is 36.9 Å². The summed E-state index contributed by atoms with van der Waals surface area (Å²) >= 11 is 0. The predicted molar refractivity (Wildman–Crippen MR) is 256 cm³/mol. The molecule has 1 aromatic heterocycles. The van der Waals surface area contributed by atoms with Crippen molar-refractivity contribution < 1.29 is 28.6 Å². The predicted octanol–water partition coefficient (Wildman–Crippen LogP) is 8.98. The number of ether oxygens (including phenoxy) is 2. The molecule has 1 aliphatic carbocycles. The molecule has 2 heterocycles. The lowest BCUT2D eigenvalue weighted by Gasteiger charge is -2.39. The SMILES string of the molecule is CN(CCNC[C@H](O[Si](C)(C)C(C)(C)C)c1ccc(O)c2[nH]c(=O)ccc12)C(=O)CCOc1ccc(CCN2C[C@H]3C[C@H](OC(=O)Nc4ccccc4-c4ccccc4)C[C@H]3C2)cc1. The van der Waals surface area contributed by atoms with Gasteiger partial charge in [0.05, 0.1) is 30.3 Å². The standard InChI is InChI=1S/C51H65N5O7Si/c1-51(2,3)64(5,6)63-46(42-20-22-45(57)49-43(42)21-23-47(58)54-49)32-52-26-28-55(4)48(59)25-29-61-39-18-16-35(17-19-39)24-27-56-33-37-30-40(31-38(37)34-56)62-50(60)53-44-15-11-10-14-41(44)36-12-8-7-9-13-36/h7-23,37-38,40,46,52,57H,24-34H2,1-6H3,(H,53,60)(H,54,58)/t37-,38+,40+,46-/m0/s1. The summed E-state index contributed by atoms with van der Waals surface area (Å²) in [6, 6.07) is 32.7. The molecule has 0 bridgehead atoms. The zero-order chi connectivity index (χ0) is 45.4. The number of aromatic hydroxyl groups is 1. The molecule has 0 unspecified atom stereocenters. The van der Waals surface area contributed by atoms with Gasteiger partial charge in [0.15, 0.2) is 8.32 Å². The molecule has 64 heavy (non-hydrogen) atoms. The van der Waals surface area contributed by atoms with Crippen molar-refractivity contribution in [1.29, 1.82) is 0 Å². The number of anilines is 1. The Kier molecular flexibility index (Phi) is 15.0. The van der Waals surface area contributed by atoms with E-state index >= 15 is 0 Å². The highest BCUT2D eigenvalue weighted by molar-refractivity contribution is 6.74. The number of amides is 2. The zero-order valence-corrected chi connectivity index (χ0v) is 39.2. The molecule has 1 saturated carbocycles. The molecule has 2 amide bonds. The van der Waals surface area contributed by atoms with Crippen LogP contribution in [-0.4, -0.2) is 99.2 Å². The van der Waals surface area contributed by atoms with E-state index in [0.29, 0.717) is 37.0 Å². The van der Waals surface area contributed by atoms with Crippen LogP contribution in [0.15, 0.2) is 108 Å². The lowest BCUT2D eigenvalue weighted by molar-refractivity contribution is -0.130. The van der Waals surface area contributed by atoms with E-state index in [1.165, 1.54) is 11.6 Å². The fourth-order valence-electron chi connectivity index (χ4n) is 8.75. The fourth-order valence-corrected chi connectivity index (χ4v) is 10.0. The monoisotopic (exact) mass is 887 g/mol. The highest BCUT2D eigenvalue weighted by Crippen LogP contribution is 2.42. The Hall–Kier alpha value is -5.47. The van der Waals surface area contributed by atoms with Gasteiger partial charge in [0, 0.05) is 63.3 Å². The van der Waals surface area contributed by atoms with E-state index in [0.717, 1.165) is 72.4 Å². The van der Waals surface area contributed by atoms with Crippen molar-refractivity contribution in [3.8, 4) is 22.6 Å². The van der Waals surface area contributed by atoms with Gasteiger partial charge in [0.25, 0.3) is 0 Å². The van der Waals surface area contributed by atoms with Crippen LogP contribution in [0, 0.1) is 11.8 Å². The number of benzene rings is 4. The first kappa shape index (κ1) is 46.5. The second kappa shape index (κ2) is 20.6. The topological polar surface area (TPSA) is 145 Å². The van der Waals surface area contributed by atoms with Crippen LogP contribution < -0.4 is 20.9 Å². The first-order chi connectivity index (χ1) is 30.6. The Balaban J connectivity index is 0.794. The number of nitrogens with zero attached hydrogens (tertiary/aromatic N) is 2. The molecule has 4 atom stereocenters. The van der Waals surface area contributed by atoms with Crippen molar-refractivity contribution in [2.45, 2.75) is 76.8 Å². The molecule has 5 aromatic rings. The highest BCUT2D eigenvalue weighted by Gasteiger charge is 2.42. The van der Waals surface area contributed by atoms with Crippen LogP contribution in [0.5, 0.6) is 11.5 Å². The number of phenols is 1. The summed E-state index contributed by atoms with van der Waals surface area (Å²) < 4.78 is 18.8. The molecule has 1 saturated heterocycles. The third-order valence-electron chi connectivity index (χ3n) is 13.4. The number of para-hydroxylation sites is 1. The molecule has 12 nitrogen and oxygen atoms in total. The fraction of sp³-hybridized carbons (Fsp3) is 0.431. The van der Waals surface area contributed by atoms with Crippen LogP contribution in [0.25, 0.3) is 22.0 Å². The number of nitrogens with one attached hydrogen (secondary N) is 3. The molecule has 2 aliphatic rings. The van der Waals surface area contributed by atoms with Crippen LogP contribution >= 0.6 is 0 Å². The summed E-state index contributed by atoms with van der Waals surface area (Å²) in [7, 11) is -0.408. The van der Waals surface area contributed by atoms with Crippen LogP contribution in [0.1, 0.15) is 57.3 Å². The highest BCUT2D eigenvalue weighted by atomic mass is 28.4. The van der Waals surface area contributed by atoms with E-state index in [-0.39, 0.29) is 47.5 Å². The number of aromatic amines is 1. The van der Waals surface area contributed by atoms with E-state index in [2.05, 4.69) is 66.5 Å². The minimum absolute atomic E-state index is 0.00196. The zero-order valence-electron chi connectivity index (χ0n) is 38.2. The third-order valence-corrected chi connectivity index (χ3v) is 17.9. The summed E-state index contributed by atoms with van der Waals surface area (Å²) in [6.07, 6.45) is 2.22. The van der Waals surface area contributed by atoms with Gasteiger partial charge in [-0.1, -0.05) is 87.5 Å². The van der Waals surface area contributed by atoms with Gasteiger partial charge in [-0.25, -0.2) is 4.79 Å². The third kappa shape index (κ3) is 11.8. The summed E-state index contributed by atoms with van der Waals surface area (Å²) in [5.41, 5.74) is 5.01. The number of rotatable bonds is 18. The Labute approximate surface area is 378 Å². The van der Waals surface area contributed by atoms with Crippen LogP contribution in [-0.2, 0) is 20.4 Å². The number of pyridine rings is 1. The lowest BCUT2D eigenvalue weighted by atomic mass is 10.0. The van der Waals surface area contributed by atoms with Crippen molar-refractivity contribution in [2.75, 3.05) is 58.2 Å². The van der Waals surface area contributed by atoms with Gasteiger partial charge in [0.2, 0.25) is 11.5 Å². The molecule has 2 fully saturated rings. The van der Waals surface area contributed by atoms with Gasteiger partial charge in [-0.05, 0) is 96.3 Å². The smallest absolute Gasteiger partial charge is 0.411 e. The summed E-state index contributed by atoms with van der Waals surface area (Å²) in [5, 5.41) is 17.7. The van der Waals surface area contributed by atoms with Crippen LogP contribution in [0.4, 0.5) is 10.5 Å². The summed E-state index contributed by atoms with van der Waals surface area (Å²) in [6.45, 7) is 15.9. The number of phenolic OH excluding ortho intramolecular Hbond substituents is 1. The molecule has 13 heteroatoms. The quantitative estimate of drug-likeness (QED) is 0.0501. The second-order valence-corrected chi connectivity index (χ2v) is 23.7. The molecular formula is C51H65N5O7Si. The maximum atomic E-state index is 13.0.